The summed E-state index contributed by atoms with van der Waals surface area (Å²) in [4.78, 5) is 0. The molecule has 1 aromatic heterocycles. The number of quaternary nitrogens is 1. The lowest BCUT2D eigenvalue weighted by molar-refractivity contribution is -0.845. The van der Waals surface area contributed by atoms with Gasteiger partial charge in [-0.1, -0.05) is 20.8 Å². The van der Waals surface area contributed by atoms with E-state index in [9.17, 15) is 0 Å². The Morgan fingerprint density at radius 1 is 1.03 bits per heavy atom. The predicted octanol–water partition coefficient (Wildman–Crippen LogP) is 3.99. The van der Waals surface area contributed by atoms with Crippen molar-refractivity contribution in [1.29, 1.82) is 0 Å². The van der Waals surface area contributed by atoms with Crippen LogP contribution in [-0.2, 0) is 21.9 Å². The molecule has 0 radical (unpaired) electrons. The number of rotatable bonds is 2. The summed E-state index contributed by atoms with van der Waals surface area (Å²) in [5.41, 5.74) is 4.37. The van der Waals surface area contributed by atoms with Gasteiger partial charge in [0.2, 0.25) is 0 Å². The summed E-state index contributed by atoms with van der Waals surface area (Å²) in [6, 6.07) is 4.56. The van der Waals surface area contributed by atoms with Crippen molar-refractivity contribution in [2.24, 2.45) is 18.9 Å². The highest BCUT2D eigenvalue weighted by Crippen LogP contribution is 2.65. The normalized spacial score (nSPS) is 43.8. The molecular formula is C29H43N2O3P+2. The molecule has 5 nitrogen and oxygen atoms in total. The summed E-state index contributed by atoms with van der Waals surface area (Å²) < 4.78 is 24.4. The lowest BCUT2D eigenvalue weighted by Gasteiger charge is -2.59. The van der Waals surface area contributed by atoms with E-state index in [0.29, 0.717) is 41.6 Å². The number of pyridine rings is 1. The monoisotopic (exact) mass is 498 g/mol. The standard InChI is InChI=1S/C29H42N2O3P/c1-29(2,3)18-13-15-30(4)25(16-18)34-22-9-7-8-19-20-17-32-21-11-12-23-28(26(20)21)35(27(19)22)31-14-6-5-10-24(31)33-23/h13,15-17,19,21-24,26-28H,5-12,14H2,1-4H3/q+1/p+1. The highest BCUT2D eigenvalue weighted by molar-refractivity contribution is 7.52. The highest BCUT2D eigenvalue weighted by Gasteiger charge is 2.66. The smallest absolute Gasteiger partial charge is 0.368 e. The topological polar surface area (TPSA) is 36.0 Å². The van der Waals surface area contributed by atoms with Gasteiger partial charge >= 0.3 is 5.88 Å². The minimum Gasteiger partial charge on any atom is -0.497 e. The minimum atomic E-state index is -0.246. The fourth-order valence-corrected chi connectivity index (χ4v) is 12.9. The fourth-order valence-electron chi connectivity index (χ4n) is 8.26. The van der Waals surface area contributed by atoms with Crippen LogP contribution in [0.15, 0.2) is 30.2 Å². The van der Waals surface area contributed by atoms with Gasteiger partial charge in [-0.25, -0.2) is 0 Å². The first-order chi connectivity index (χ1) is 16.9. The van der Waals surface area contributed by atoms with Crippen molar-refractivity contribution in [2.75, 3.05) is 6.54 Å². The molecule has 0 amide bonds. The lowest BCUT2D eigenvalue weighted by Crippen LogP contribution is -3.15. The minimum absolute atomic E-state index is 0.117. The van der Waals surface area contributed by atoms with E-state index in [1.54, 1.807) is 5.57 Å². The van der Waals surface area contributed by atoms with Crippen LogP contribution in [0, 0.1) is 11.8 Å². The molecular weight excluding hydrogens is 455 g/mol. The first kappa shape index (κ1) is 23.0. The van der Waals surface area contributed by atoms with E-state index in [2.05, 4.69) is 57.0 Å². The van der Waals surface area contributed by atoms with Crippen molar-refractivity contribution in [2.45, 2.75) is 113 Å². The second-order valence-electron chi connectivity index (χ2n) is 13.0. The van der Waals surface area contributed by atoms with Crippen LogP contribution in [-0.4, -0.2) is 42.4 Å². The van der Waals surface area contributed by atoms with Crippen molar-refractivity contribution < 1.29 is 23.4 Å². The molecule has 7 rings (SSSR count). The first-order valence-electron chi connectivity index (χ1n) is 14.2. The molecule has 4 aliphatic heterocycles. The molecule has 0 aromatic carbocycles. The summed E-state index contributed by atoms with van der Waals surface area (Å²) in [5, 5.41) is 0. The van der Waals surface area contributed by atoms with Gasteiger partial charge in [0.25, 0.3) is 0 Å². The average molecular weight is 499 g/mol. The number of piperidine rings is 1. The first-order valence-corrected chi connectivity index (χ1v) is 15.7. The number of aromatic nitrogens is 1. The van der Waals surface area contributed by atoms with Crippen molar-refractivity contribution >= 4 is 8.07 Å². The Labute approximate surface area is 212 Å². The van der Waals surface area contributed by atoms with Gasteiger partial charge in [0.15, 0.2) is 12.4 Å². The lowest BCUT2D eigenvalue weighted by atomic mass is 9.71. The van der Waals surface area contributed by atoms with Crippen LogP contribution in [0.3, 0.4) is 0 Å². The second-order valence-corrected chi connectivity index (χ2v) is 15.6. The van der Waals surface area contributed by atoms with Crippen molar-refractivity contribution in [3.05, 3.63) is 35.7 Å². The molecule has 5 fully saturated rings. The fraction of sp³-hybridized carbons (Fsp3) is 0.759. The molecule has 10 unspecified atom stereocenters. The van der Waals surface area contributed by atoms with Gasteiger partial charge in [0.1, 0.15) is 27.3 Å². The Hall–Kier alpha value is -1.16. The van der Waals surface area contributed by atoms with Gasteiger partial charge < -0.3 is 14.2 Å². The van der Waals surface area contributed by atoms with Gasteiger partial charge in [-0.05, 0) is 67.4 Å². The summed E-state index contributed by atoms with van der Waals surface area (Å²) in [6.45, 7) is 8.17. The van der Waals surface area contributed by atoms with Crippen LogP contribution in [0.2, 0.25) is 0 Å². The molecule has 1 N–H and O–H groups in total. The summed E-state index contributed by atoms with van der Waals surface area (Å²) in [5.74, 6) is 2.28. The number of hydrogen-bond donors (Lipinski definition) is 1. The summed E-state index contributed by atoms with van der Waals surface area (Å²) in [6.07, 6.45) is 16.0. The third-order valence-corrected chi connectivity index (χ3v) is 13.8. The van der Waals surface area contributed by atoms with Crippen LogP contribution in [0.5, 0.6) is 5.88 Å². The second kappa shape index (κ2) is 8.43. The van der Waals surface area contributed by atoms with E-state index >= 15 is 0 Å². The van der Waals surface area contributed by atoms with Gasteiger partial charge in [-0.15, -0.1) is 0 Å². The Morgan fingerprint density at radius 2 is 1.89 bits per heavy atom. The Kier molecular flexibility index (Phi) is 5.54. The largest absolute Gasteiger partial charge is 0.497 e. The van der Waals surface area contributed by atoms with E-state index in [1.807, 2.05) is 4.67 Å². The van der Waals surface area contributed by atoms with Gasteiger partial charge in [-0.2, -0.15) is 4.57 Å². The van der Waals surface area contributed by atoms with Gasteiger partial charge in [0.05, 0.1) is 36.3 Å². The maximum atomic E-state index is 7.11. The van der Waals surface area contributed by atoms with Crippen molar-refractivity contribution in [1.82, 2.24) is 0 Å². The number of fused-ring (bicyclic) bond motifs is 5. The van der Waals surface area contributed by atoms with E-state index < -0.39 is 0 Å². The quantitative estimate of drug-likeness (QED) is 0.495. The number of nitrogens with zero attached hydrogens (tertiary/aromatic N) is 1. The van der Waals surface area contributed by atoms with E-state index in [1.165, 1.54) is 63.5 Å². The molecule has 0 bridgehead atoms. The molecule has 2 saturated carbocycles. The van der Waals surface area contributed by atoms with E-state index in [-0.39, 0.29) is 19.6 Å². The molecule has 10 atom stereocenters. The number of aryl methyl sites for hydroxylation is 1. The zero-order valence-corrected chi connectivity index (χ0v) is 22.8. The highest BCUT2D eigenvalue weighted by atomic mass is 31.1. The van der Waals surface area contributed by atoms with Crippen molar-refractivity contribution in [3.63, 3.8) is 0 Å². The molecule has 5 heterocycles. The van der Waals surface area contributed by atoms with Crippen LogP contribution < -0.4 is 14.0 Å². The van der Waals surface area contributed by atoms with Crippen LogP contribution in [0.1, 0.15) is 77.7 Å². The third-order valence-electron chi connectivity index (χ3n) is 9.95. The summed E-state index contributed by atoms with van der Waals surface area (Å²) >= 11 is 0. The third kappa shape index (κ3) is 3.62. The maximum Gasteiger partial charge on any atom is 0.368 e. The number of ether oxygens (including phenoxy) is 3. The molecule has 6 heteroatoms. The molecule has 2 aliphatic carbocycles. The molecule has 190 valence electrons. The van der Waals surface area contributed by atoms with Crippen LogP contribution in [0.25, 0.3) is 0 Å². The molecule has 3 saturated heterocycles. The summed E-state index contributed by atoms with van der Waals surface area (Å²) in [7, 11) is 1.89. The van der Waals surface area contributed by atoms with E-state index in [0.717, 1.165) is 5.88 Å². The molecule has 1 aromatic rings. The number of nitrogens with one attached hydrogen (secondary N) is 1. The van der Waals surface area contributed by atoms with Crippen molar-refractivity contribution in [3.8, 4) is 5.88 Å². The zero-order chi connectivity index (χ0) is 23.9. The molecule has 0 spiro atoms. The maximum absolute atomic E-state index is 7.11. The van der Waals surface area contributed by atoms with Crippen LogP contribution >= 0.6 is 8.07 Å². The molecule has 6 aliphatic rings. The van der Waals surface area contributed by atoms with Gasteiger partial charge in [-0.3, -0.25) is 4.67 Å². The number of hydrogen-bond acceptors (Lipinski definition) is 3. The van der Waals surface area contributed by atoms with Crippen LogP contribution in [0.4, 0.5) is 0 Å². The van der Waals surface area contributed by atoms with Gasteiger partial charge in [0, 0.05) is 18.4 Å². The molecule has 35 heavy (non-hydrogen) atoms. The SMILES string of the molecule is C[n+]1ccc(C(C)(C)C)cc1OC1CCCC2C3=COC4CCC5OC6CCCC[NH+]6P(C12)C5C34. The zero-order valence-electron chi connectivity index (χ0n) is 21.9. The average Bonchev–Trinajstić information content (AvgIpc) is 3.28. The Bertz CT molecular complexity index is 1020. The predicted molar refractivity (Wildman–Crippen MR) is 137 cm³/mol. The Morgan fingerprint density at radius 3 is 2.74 bits per heavy atom. The van der Waals surface area contributed by atoms with E-state index in [4.69, 9.17) is 14.2 Å². The Balaban J connectivity index is 1.28.